The molecular weight excluding hydrogens is 306 g/mol. The number of nitrogens with zero attached hydrogens (tertiary/aromatic N) is 2. The maximum Gasteiger partial charge on any atom is 0.243 e. The fourth-order valence-electron chi connectivity index (χ4n) is 2.06. The molecule has 2 rings (SSSR count). The molecule has 0 radical (unpaired) electrons. The highest BCUT2D eigenvalue weighted by Crippen LogP contribution is 2.24. The van der Waals surface area contributed by atoms with E-state index in [0.717, 1.165) is 5.39 Å². The molecule has 21 heavy (non-hydrogen) atoms. The zero-order valence-corrected chi connectivity index (χ0v) is 13.5. The van der Waals surface area contributed by atoms with Crippen LogP contribution in [0.4, 0.5) is 0 Å². The Kier molecular flexibility index (Phi) is 4.55. The van der Waals surface area contributed by atoms with Gasteiger partial charge in [-0.3, -0.25) is 4.98 Å². The zero-order valence-electron chi connectivity index (χ0n) is 11.9. The van der Waals surface area contributed by atoms with Crippen LogP contribution in [-0.2, 0) is 10.0 Å². The van der Waals surface area contributed by atoms with Gasteiger partial charge in [-0.2, -0.15) is 0 Å². The van der Waals surface area contributed by atoms with Crippen molar-refractivity contribution in [2.75, 3.05) is 13.6 Å². The van der Waals surface area contributed by atoms with Crippen LogP contribution in [0.15, 0.2) is 41.6 Å². The summed E-state index contributed by atoms with van der Waals surface area (Å²) in [6, 6.07) is 6.84. The Labute approximate surface area is 129 Å². The molecule has 0 saturated heterocycles. The van der Waals surface area contributed by atoms with Gasteiger partial charge in [0.25, 0.3) is 0 Å². The third kappa shape index (κ3) is 3.20. The van der Waals surface area contributed by atoms with Gasteiger partial charge in [-0.05, 0) is 12.1 Å². The fourth-order valence-corrected chi connectivity index (χ4v) is 3.60. The van der Waals surface area contributed by atoms with Gasteiger partial charge in [0, 0.05) is 42.7 Å². The van der Waals surface area contributed by atoms with Crippen LogP contribution in [0.5, 0.6) is 0 Å². The van der Waals surface area contributed by atoms with Crippen molar-refractivity contribution < 1.29 is 8.42 Å². The molecule has 1 aromatic carbocycles. The van der Waals surface area contributed by atoms with Crippen LogP contribution < -0.4 is 5.73 Å². The zero-order chi connectivity index (χ0) is 15.6. The molecule has 0 fully saturated rings. The minimum atomic E-state index is -3.60. The average Bonchev–Trinajstić information content (AvgIpc) is 2.46. The standard InChI is InChI=1S/C14H17N3O2S2/c1-10(14(15)20)9-17(2)21(18,19)13-5-3-4-11-8-16-7-6-12(11)13/h3-8,10H,9H2,1-2H3,(H2,15,20). The number of sulfonamides is 1. The topological polar surface area (TPSA) is 76.3 Å². The summed E-state index contributed by atoms with van der Waals surface area (Å²) < 4.78 is 26.7. The minimum Gasteiger partial charge on any atom is -0.393 e. The molecule has 0 aliphatic heterocycles. The van der Waals surface area contributed by atoms with Crippen molar-refractivity contribution >= 4 is 38.0 Å². The SMILES string of the molecule is CC(CN(C)S(=O)(=O)c1cccc2cnccc12)C(N)=S. The summed E-state index contributed by atoms with van der Waals surface area (Å²) in [5.41, 5.74) is 5.56. The van der Waals surface area contributed by atoms with E-state index in [4.69, 9.17) is 18.0 Å². The van der Waals surface area contributed by atoms with Crippen molar-refractivity contribution in [1.29, 1.82) is 0 Å². The van der Waals surface area contributed by atoms with Gasteiger partial charge in [-0.25, -0.2) is 12.7 Å². The average molecular weight is 323 g/mol. The van der Waals surface area contributed by atoms with Crippen LogP contribution in [0.3, 0.4) is 0 Å². The molecule has 1 atom stereocenters. The number of hydrogen-bond donors (Lipinski definition) is 1. The van der Waals surface area contributed by atoms with Crippen molar-refractivity contribution in [3.63, 3.8) is 0 Å². The summed E-state index contributed by atoms with van der Waals surface area (Å²) >= 11 is 4.90. The highest BCUT2D eigenvalue weighted by Gasteiger charge is 2.24. The summed E-state index contributed by atoms with van der Waals surface area (Å²) in [6.45, 7) is 2.06. The number of rotatable bonds is 5. The Balaban J connectivity index is 2.45. The quantitative estimate of drug-likeness (QED) is 0.849. The molecule has 0 aliphatic carbocycles. The first-order valence-corrected chi connectivity index (χ1v) is 8.27. The summed E-state index contributed by atoms with van der Waals surface area (Å²) in [5.74, 6) is -0.184. The van der Waals surface area contributed by atoms with E-state index in [-0.39, 0.29) is 17.4 Å². The highest BCUT2D eigenvalue weighted by molar-refractivity contribution is 7.89. The molecule has 2 N–H and O–H groups in total. The van der Waals surface area contributed by atoms with Crippen molar-refractivity contribution in [3.05, 3.63) is 36.7 Å². The third-order valence-corrected chi connectivity index (χ3v) is 5.63. The van der Waals surface area contributed by atoms with Crippen LogP contribution in [0.25, 0.3) is 10.8 Å². The lowest BCUT2D eigenvalue weighted by Crippen LogP contribution is -2.35. The first kappa shape index (κ1) is 15.8. The number of benzene rings is 1. The Morgan fingerprint density at radius 1 is 1.43 bits per heavy atom. The summed E-state index contributed by atoms with van der Waals surface area (Å²) in [7, 11) is -2.07. The highest BCUT2D eigenvalue weighted by atomic mass is 32.2. The maximum absolute atomic E-state index is 12.7. The van der Waals surface area contributed by atoms with Crippen molar-refractivity contribution in [2.45, 2.75) is 11.8 Å². The predicted octanol–water partition coefficient (Wildman–Crippen LogP) is 1.78. The second-order valence-electron chi connectivity index (χ2n) is 4.94. The maximum atomic E-state index is 12.7. The van der Waals surface area contributed by atoms with Crippen LogP contribution in [-0.4, -0.2) is 36.3 Å². The minimum absolute atomic E-state index is 0.184. The van der Waals surface area contributed by atoms with E-state index in [2.05, 4.69) is 4.98 Å². The van der Waals surface area contributed by atoms with Gasteiger partial charge >= 0.3 is 0 Å². The van der Waals surface area contributed by atoms with Crippen LogP contribution in [0, 0.1) is 5.92 Å². The smallest absolute Gasteiger partial charge is 0.243 e. The molecule has 1 unspecified atom stereocenters. The molecule has 5 nitrogen and oxygen atoms in total. The lowest BCUT2D eigenvalue weighted by atomic mass is 10.2. The van der Waals surface area contributed by atoms with E-state index < -0.39 is 10.0 Å². The molecule has 2 aromatic rings. The number of pyridine rings is 1. The van der Waals surface area contributed by atoms with Gasteiger partial charge in [0.15, 0.2) is 0 Å². The molecule has 1 aromatic heterocycles. The number of nitrogens with two attached hydrogens (primary N) is 1. The molecule has 0 bridgehead atoms. The Morgan fingerprint density at radius 3 is 2.81 bits per heavy atom. The van der Waals surface area contributed by atoms with E-state index >= 15 is 0 Å². The second kappa shape index (κ2) is 6.05. The monoisotopic (exact) mass is 323 g/mol. The predicted molar refractivity (Wildman–Crippen MR) is 87.5 cm³/mol. The van der Waals surface area contributed by atoms with Gasteiger partial charge < -0.3 is 5.73 Å². The van der Waals surface area contributed by atoms with Gasteiger partial charge in [0.1, 0.15) is 0 Å². The molecule has 0 aliphatic rings. The van der Waals surface area contributed by atoms with Crippen molar-refractivity contribution in [1.82, 2.24) is 9.29 Å². The van der Waals surface area contributed by atoms with Gasteiger partial charge in [-0.15, -0.1) is 0 Å². The second-order valence-corrected chi connectivity index (χ2v) is 7.43. The number of fused-ring (bicyclic) bond motifs is 1. The number of hydrogen-bond acceptors (Lipinski definition) is 4. The third-order valence-electron chi connectivity index (χ3n) is 3.35. The summed E-state index contributed by atoms with van der Waals surface area (Å²) in [4.78, 5) is 4.58. The molecule has 0 saturated carbocycles. The lowest BCUT2D eigenvalue weighted by Gasteiger charge is -2.21. The van der Waals surface area contributed by atoms with E-state index in [1.54, 1.807) is 37.5 Å². The molecule has 1 heterocycles. The normalized spacial score (nSPS) is 13.5. The van der Waals surface area contributed by atoms with Crippen LogP contribution in [0.1, 0.15) is 6.92 Å². The first-order valence-electron chi connectivity index (χ1n) is 6.42. The number of aromatic nitrogens is 1. The largest absolute Gasteiger partial charge is 0.393 e. The van der Waals surface area contributed by atoms with E-state index in [0.29, 0.717) is 10.4 Å². The summed E-state index contributed by atoms with van der Waals surface area (Å²) in [5, 5.41) is 1.44. The number of thiocarbonyl (C=S) groups is 1. The van der Waals surface area contributed by atoms with Gasteiger partial charge in [0.05, 0.1) is 9.88 Å². The van der Waals surface area contributed by atoms with Crippen molar-refractivity contribution in [2.24, 2.45) is 11.7 Å². The molecule has 7 heteroatoms. The van der Waals surface area contributed by atoms with Gasteiger partial charge in [0.2, 0.25) is 10.0 Å². The van der Waals surface area contributed by atoms with E-state index in [1.165, 1.54) is 11.4 Å². The fraction of sp³-hybridized carbons (Fsp3) is 0.286. The lowest BCUT2D eigenvalue weighted by molar-refractivity contribution is 0.446. The first-order chi connectivity index (χ1) is 9.84. The van der Waals surface area contributed by atoms with Crippen LogP contribution >= 0.6 is 12.2 Å². The Hall–Kier alpha value is -1.57. The molecule has 0 amide bonds. The van der Waals surface area contributed by atoms with E-state index in [9.17, 15) is 8.42 Å². The summed E-state index contributed by atoms with van der Waals surface area (Å²) in [6.07, 6.45) is 3.23. The Morgan fingerprint density at radius 2 is 2.14 bits per heavy atom. The van der Waals surface area contributed by atoms with Crippen LogP contribution in [0.2, 0.25) is 0 Å². The van der Waals surface area contributed by atoms with Gasteiger partial charge in [-0.1, -0.05) is 31.3 Å². The van der Waals surface area contributed by atoms with E-state index in [1.807, 2.05) is 6.07 Å². The molecular formula is C14H17N3O2S2. The molecule has 112 valence electrons. The Bertz CT molecular complexity index is 769. The van der Waals surface area contributed by atoms with Crippen molar-refractivity contribution in [3.8, 4) is 0 Å². The molecule has 0 spiro atoms.